The van der Waals surface area contributed by atoms with Gasteiger partial charge in [0.15, 0.2) is 5.11 Å². The van der Waals surface area contributed by atoms with Crippen molar-refractivity contribution >= 4 is 17.3 Å². The minimum absolute atomic E-state index is 0.00533. The Hall–Kier alpha value is -2.94. The van der Waals surface area contributed by atoms with Crippen LogP contribution in [0.5, 0.6) is 5.75 Å². The average molecular weight is 478 g/mol. The molecule has 2 aliphatic heterocycles. The highest BCUT2D eigenvalue weighted by Crippen LogP contribution is 2.41. The summed E-state index contributed by atoms with van der Waals surface area (Å²) in [5.74, 6) is 0.265. The first-order valence-electron chi connectivity index (χ1n) is 11.8. The van der Waals surface area contributed by atoms with Crippen LogP contribution in [0.3, 0.4) is 0 Å². The lowest BCUT2D eigenvalue weighted by molar-refractivity contribution is 0.0350. The first kappa shape index (κ1) is 22.8. The number of para-hydroxylation sites is 2. The Morgan fingerprint density at radius 3 is 2.59 bits per heavy atom. The molecular weight excluding hydrogens is 446 g/mol. The van der Waals surface area contributed by atoms with Crippen molar-refractivity contribution in [2.24, 2.45) is 0 Å². The maximum absolute atomic E-state index is 10.5. The standard InChI is InChI=1S/C26H31N5O2S/c1-18-17-20(19(2)31(18)22-8-3-4-9-23(22)32)25-24(21-7-5-6-10-27-21)28-26(34)30(25)12-11-29-13-15-33-16-14-29/h3-10,17,24-25,32H,11-16H2,1-2H3,(H,28,34)/t24-,25+/m1/s1. The predicted molar refractivity (Wildman–Crippen MR) is 136 cm³/mol. The fraction of sp³-hybridized carbons (Fsp3) is 0.385. The highest BCUT2D eigenvalue weighted by Gasteiger charge is 2.41. The number of aromatic hydroxyl groups is 1. The lowest BCUT2D eigenvalue weighted by atomic mass is 9.96. The molecule has 1 aromatic carbocycles. The molecule has 178 valence electrons. The van der Waals surface area contributed by atoms with Crippen molar-refractivity contribution in [3.63, 3.8) is 0 Å². The molecule has 0 aliphatic carbocycles. The number of aryl methyl sites for hydroxylation is 1. The number of hydrogen-bond donors (Lipinski definition) is 2. The largest absolute Gasteiger partial charge is 0.506 e. The highest BCUT2D eigenvalue weighted by atomic mass is 32.1. The summed E-state index contributed by atoms with van der Waals surface area (Å²) in [7, 11) is 0. The summed E-state index contributed by atoms with van der Waals surface area (Å²) in [5.41, 5.74) is 5.10. The molecule has 3 aromatic rings. The van der Waals surface area contributed by atoms with Crippen LogP contribution < -0.4 is 5.32 Å². The maximum Gasteiger partial charge on any atom is 0.170 e. The first-order valence-corrected chi connectivity index (χ1v) is 12.2. The van der Waals surface area contributed by atoms with Gasteiger partial charge in [-0.2, -0.15) is 0 Å². The van der Waals surface area contributed by atoms with Crippen LogP contribution in [0, 0.1) is 13.8 Å². The summed E-state index contributed by atoms with van der Waals surface area (Å²) in [6.45, 7) is 9.40. The number of phenolic OH excluding ortho intramolecular Hbond substituents is 1. The number of thiocarbonyl (C=S) groups is 1. The average Bonchev–Trinajstić information content (AvgIpc) is 3.34. The number of aromatic nitrogens is 2. The third-order valence-corrected chi connectivity index (χ3v) is 7.22. The Morgan fingerprint density at radius 2 is 1.85 bits per heavy atom. The van der Waals surface area contributed by atoms with Crippen molar-refractivity contribution < 1.29 is 9.84 Å². The number of hydrogen-bond acceptors (Lipinski definition) is 5. The van der Waals surface area contributed by atoms with Gasteiger partial charge in [0.1, 0.15) is 5.75 Å². The van der Waals surface area contributed by atoms with E-state index in [1.807, 2.05) is 36.5 Å². The van der Waals surface area contributed by atoms with Crippen molar-refractivity contribution in [2.45, 2.75) is 25.9 Å². The highest BCUT2D eigenvalue weighted by molar-refractivity contribution is 7.80. The van der Waals surface area contributed by atoms with Crippen LogP contribution in [0.4, 0.5) is 0 Å². The number of ether oxygens (including phenoxy) is 1. The van der Waals surface area contributed by atoms with Crippen molar-refractivity contribution in [3.05, 3.63) is 77.4 Å². The number of nitrogens with zero attached hydrogens (tertiary/aromatic N) is 4. The summed E-state index contributed by atoms with van der Waals surface area (Å²) in [4.78, 5) is 9.40. The minimum atomic E-state index is -0.0586. The SMILES string of the molecule is Cc1cc([C@H]2[C@@H](c3ccccn3)NC(=S)N2CCN2CCOCC2)c(C)n1-c1ccccc1O. The summed E-state index contributed by atoms with van der Waals surface area (Å²) in [6.07, 6.45) is 1.83. The van der Waals surface area contributed by atoms with E-state index in [-0.39, 0.29) is 17.8 Å². The zero-order valence-corrected chi connectivity index (χ0v) is 20.5. The van der Waals surface area contributed by atoms with Gasteiger partial charge in [0, 0.05) is 43.8 Å². The van der Waals surface area contributed by atoms with E-state index in [4.69, 9.17) is 17.0 Å². The zero-order chi connectivity index (χ0) is 23.7. The van der Waals surface area contributed by atoms with Crippen LogP contribution in [0.1, 0.15) is 34.7 Å². The van der Waals surface area contributed by atoms with E-state index in [9.17, 15) is 5.11 Å². The topological polar surface area (TPSA) is 65.8 Å². The molecule has 7 nitrogen and oxygen atoms in total. The lowest BCUT2D eigenvalue weighted by Gasteiger charge is -2.32. The molecule has 0 amide bonds. The van der Waals surface area contributed by atoms with Gasteiger partial charge in [-0.3, -0.25) is 9.88 Å². The number of phenols is 1. The van der Waals surface area contributed by atoms with Gasteiger partial charge in [0.25, 0.3) is 0 Å². The van der Waals surface area contributed by atoms with Crippen LogP contribution in [0.15, 0.2) is 54.7 Å². The Labute approximate surface area is 206 Å². The Morgan fingerprint density at radius 1 is 1.09 bits per heavy atom. The molecule has 4 heterocycles. The van der Waals surface area contributed by atoms with Crippen molar-refractivity contribution in [3.8, 4) is 11.4 Å². The lowest BCUT2D eigenvalue weighted by Crippen LogP contribution is -2.42. The molecule has 5 rings (SSSR count). The van der Waals surface area contributed by atoms with E-state index in [1.54, 1.807) is 6.07 Å². The number of benzene rings is 1. The quantitative estimate of drug-likeness (QED) is 0.527. The maximum atomic E-state index is 10.5. The molecule has 0 unspecified atom stereocenters. The van der Waals surface area contributed by atoms with Gasteiger partial charge in [-0.05, 0) is 62.0 Å². The zero-order valence-electron chi connectivity index (χ0n) is 19.6. The fourth-order valence-corrected chi connectivity index (χ4v) is 5.50. The van der Waals surface area contributed by atoms with E-state index in [0.29, 0.717) is 0 Å². The third-order valence-electron chi connectivity index (χ3n) is 6.87. The molecule has 8 heteroatoms. The minimum Gasteiger partial charge on any atom is -0.506 e. The monoisotopic (exact) mass is 477 g/mol. The van der Waals surface area contributed by atoms with Gasteiger partial charge in [-0.1, -0.05) is 18.2 Å². The van der Waals surface area contributed by atoms with Crippen LogP contribution in [0.2, 0.25) is 0 Å². The molecule has 2 aliphatic rings. The first-order chi connectivity index (χ1) is 16.5. The molecular formula is C26H31N5O2S. The molecule has 2 saturated heterocycles. The van der Waals surface area contributed by atoms with E-state index in [1.165, 1.54) is 5.56 Å². The Kier molecular flexibility index (Phi) is 6.54. The second-order valence-electron chi connectivity index (χ2n) is 8.92. The van der Waals surface area contributed by atoms with Gasteiger partial charge in [-0.15, -0.1) is 0 Å². The number of rotatable bonds is 6. The van der Waals surface area contributed by atoms with E-state index >= 15 is 0 Å². The van der Waals surface area contributed by atoms with Crippen LogP contribution in [-0.4, -0.2) is 69.0 Å². The molecule has 2 aromatic heterocycles. The van der Waals surface area contributed by atoms with Crippen LogP contribution in [-0.2, 0) is 4.74 Å². The van der Waals surface area contributed by atoms with E-state index in [0.717, 1.165) is 67.3 Å². The number of nitrogens with one attached hydrogen (secondary N) is 1. The Balaban J connectivity index is 1.53. The molecule has 34 heavy (non-hydrogen) atoms. The van der Waals surface area contributed by atoms with E-state index < -0.39 is 0 Å². The summed E-state index contributed by atoms with van der Waals surface area (Å²) in [5, 5.41) is 14.9. The van der Waals surface area contributed by atoms with Crippen molar-refractivity contribution in [2.75, 3.05) is 39.4 Å². The summed E-state index contributed by atoms with van der Waals surface area (Å²) in [6, 6.07) is 15.6. The molecule has 2 N–H and O–H groups in total. The van der Waals surface area contributed by atoms with Crippen molar-refractivity contribution in [1.82, 2.24) is 24.7 Å². The molecule has 2 fully saturated rings. The van der Waals surface area contributed by atoms with Crippen molar-refractivity contribution in [1.29, 1.82) is 0 Å². The molecule has 2 atom stereocenters. The molecule has 0 spiro atoms. The van der Waals surface area contributed by atoms with Gasteiger partial charge in [0.05, 0.1) is 36.7 Å². The number of pyridine rings is 1. The smallest absolute Gasteiger partial charge is 0.170 e. The summed E-state index contributed by atoms with van der Waals surface area (Å²) < 4.78 is 7.64. The molecule has 0 radical (unpaired) electrons. The van der Waals surface area contributed by atoms with Gasteiger partial charge in [0.2, 0.25) is 0 Å². The normalized spacial score (nSPS) is 21.1. The van der Waals surface area contributed by atoms with Crippen LogP contribution >= 0.6 is 12.2 Å². The third kappa shape index (κ3) is 4.29. The predicted octanol–water partition coefficient (Wildman–Crippen LogP) is 3.50. The van der Waals surface area contributed by atoms with E-state index in [2.05, 4.69) is 50.6 Å². The Bertz CT molecular complexity index is 1160. The second-order valence-corrected chi connectivity index (χ2v) is 9.31. The second kappa shape index (κ2) is 9.74. The van der Waals surface area contributed by atoms with Gasteiger partial charge >= 0.3 is 0 Å². The summed E-state index contributed by atoms with van der Waals surface area (Å²) >= 11 is 5.86. The van der Waals surface area contributed by atoms with Gasteiger partial charge < -0.3 is 24.6 Å². The number of morpholine rings is 1. The van der Waals surface area contributed by atoms with Gasteiger partial charge in [-0.25, -0.2) is 0 Å². The fourth-order valence-electron chi connectivity index (χ4n) is 5.17. The van der Waals surface area contributed by atoms with Crippen LogP contribution in [0.25, 0.3) is 5.69 Å². The molecule has 0 bridgehead atoms. The molecule has 0 saturated carbocycles.